The average Bonchev–Trinajstić information content (AvgIpc) is 3.76. The number of rotatable bonds is 4. The van der Waals surface area contributed by atoms with Crippen molar-refractivity contribution < 1.29 is 17.6 Å². The average molecular weight is 705 g/mol. The van der Waals surface area contributed by atoms with Crippen molar-refractivity contribution in [2.45, 2.75) is 33.9 Å². The Labute approximate surface area is 292 Å². The predicted molar refractivity (Wildman–Crippen MR) is 190 cm³/mol. The van der Waals surface area contributed by atoms with E-state index in [1.165, 1.54) is 24.3 Å². The highest BCUT2D eigenvalue weighted by Crippen LogP contribution is 2.31. The van der Waals surface area contributed by atoms with Crippen molar-refractivity contribution in [1.82, 2.24) is 49.1 Å². The van der Waals surface area contributed by atoms with E-state index in [2.05, 4.69) is 40.1 Å². The van der Waals surface area contributed by atoms with Crippen LogP contribution in [0.5, 0.6) is 0 Å². The molecule has 260 valence electrons. The first-order chi connectivity index (χ1) is 24.8. The number of nitrogens with zero attached hydrogens (tertiary/aromatic N) is 9. The molecule has 52 heavy (non-hydrogen) atoms. The van der Waals surface area contributed by atoms with Crippen LogP contribution >= 0.6 is 0 Å². The van der Waals surface area contributed by atoms with Crippen LogP contribution in [-0.4, -0.2) is 49.1 Å². The lowest BCUT2D eigenvalue weighted by atomic mass is 10.1. The molecule has 1 N–H and O–H groups in total. The quantitative estimate of drug-likeness (QED) is 0.188. The van der Waals surface area contributed by atoms with Gasteiger partial charge in [-0.05, 0) is 88.4 Å². The summed E-state index contributed by atoms with van der Waals surface area (Å²) in [4.78, 5) is 36.9. The maximum absolute atomic E-state index is 13.3. The van der Waals surface area contributed by atoms with Crippen molar-refractivity contribution in [2.24, 2.45) is 0 Å². The first kappa shape index (κ1) is 33.8. The molecule has 0 saturated heterocycles. The number of nitrogens with one attached hydrogen (secondary N) is 1. The number of aryl methyl sites for hydroxylation is 4. The van der Waals surface area contributed by atoms with E-state index in [1.807, 2.05) is 27.7 Å². The van der Waals surface area contributed by atoms with Gasteiger partial charge in [0.2, 0.25) is 0 Å². The highest BCUT2D eigenvalue weighted by Gasteiger charge is 2.30. The Morgan fingerprint density at radius 1 is 0.712 bits per heavy atom. The number of fused-ring (bicyclic) bond motifs is 4. The molecule has 0 spiro atoms. The second kappa shape index (κ2) is 13.2. The van der Waals surface area contributed by atoms with Gasteiger partial charge in [-0.15, -0.1) is 10.2 Å². The minimum atomic E-state index is -4.40. The van der Waals surface area contributed by atoms with Crippen LogP contribution in [0.4, 0.5) is 17.6 Å². The predicted octanol–water partition coefficient (Wildman–Crippen LogP) is 7.37. The van der Waals surface area contributed by atoms with Crippen molar-refractivity contribution >= 4 is 57.4 Å². The van der Waals surface area contributed by atoms with Gasteiger partial charge in [0.05, 0.1) is 39.5 Å². The molecule has 0 bridgehead atoms. The first-order valence-corrected chi connectivity index (χ1v) is 15.9. The zero-order valence-corrected chi connectivity index (χ0v) is 28.1. The Hall–Kier alpha value is -6.64. The summed E-state index contributed by atoms with van der Waals surface area (Å²) in [6.45, 7) is 7.50. The smallest absolute Gasteiger partial charge is 0.355 e. The Morgan fingerprint density at radius 3 is 1.94 bits per heavy atom. The molecule has 11 nitrogen and oxygen atoms in total. The number of aromatic nitrogens is 10. The van der Waals surface area contributed by atoms with E-state index < -0.39 is 17.6 Å². The van der Waals surface area contributed by atoms with Crippen LogP contribution in [0.25, 0.3) is 57.4 Å². The Balaban J connectivity index is 0.000000162. The fraction of sp³-hybridized carbons (Fsp3) is 0.135. The third-order valence-electron chi connectivity index (χ3n) is 8.12. The zero-order chi connectivity index (χ0) is 36.7. The molecule has 0 aliphatic heterocycles. The van der Waals surface area contributed by atoms with Gasteiger partial charge in [0.15, 0.2) is 28.4 Å². The normalized spacial score (nSPS) is 12.2. The number of halogens is 4. The van der Waals surface area contributed by atoms with Crippen molar-refractivity contribution in [3.63, 3.8) is 0 Å². The number of alkyl halides is 3. The van der Waals surface area contributed by atoms with Crippen LogP contribution in [0.2, 0.25) is 0 Å². The van der Waals surface area contributed by atoms with Crippen LogP contribution in [0.3, 0.4) is 0 Å². The van der Waals surface area contributed by atoms with Crippen LogP contribution < -0.4 is 5.43 Å². The lowest BCUT2D eigenvalue weighted by Gasteiger charge is -2.07. The fourth-order valence-corrected chi connectivity index (χ4v) is 5.42. The topological polar surface area (TPSA) is 132 Å². The molecule has 6 aromatic heterocycles. The van der Waals surface area contributed by atoms with Gasteiger partial charge in [0.25, 0.3) is 0 Å². The maximum Gasteiger partial charge on any atom is 0.416 e. The summed E-state index contributed by atoms with van der Waals surface area (Å²) in [5.74, 6) is 0.550. The molecule has 0 radical (unpaired) electrons. The third-order valence-corrected chi connectivity index (χ3v) is 8.12. The van der Waals surface area contributed by atoms with E-state index in [0.29, 0.717) is 50.6 Å². The number of H-pyrrole nitrogens is 1. The maximum atomic E-state index is 13.3. The summed E-state index contributed by atoms with van der Waals surface area (Å²) in [7, 11) is 0. The molecule has 0 atom stereocenters. The molecular formula is C37H28F4N10O. The monoisotopic (exact) mass is 704 g/mol. The Bertz CT molecular complexity index is 2700. The summed E-state index contributed by atoms with van der Waals surface area (Å²) in [6.07, 6.45) is 5.84. The minimum absolute atomic E-state index is 0.244. The van der Waals surface area contributed by atoms with Crippen LogP contribution in [0, 0.1) is 33.5 Å². The molecule has 0 saturated carbocycles. The number of pyridine rings is 2. The third kappa shape index (κ3) is 6.88. The number of aromatic amines is 1. The van der Waals surface area contributed by atoms with Gasteiger partial charge in [0, 0.05) is 40.4 Å². The van der Waals surface area contributed by atoms with Crippen LogP contribution in [0.1, 0.15) is 51.4 Å². The zero-order valence-electron chi connectivity index (χ0n) is 28.1. The molecule has 8 aromatic rings. The highest BCUT2D eigenvalue weighted by molar-refractivity contribution is 5.82. The number of hydrogen-bond acceptors (Lipinski definition) is 8. The van der Waals surface area contributed by atoms with Gasteiger partial charge >= 0.3 is 6.18 Å². The van der Waals surface area contributed by atoms with Gasteiger partial charge < -0.3 is 4.98 Å². The van der Waals surface area contributed by atoms with Gasteiger partial charge in [-0.2, -0.15) is 13.2 Å². The van der Waals surface area contributed by atoms with Gasteiger partial charge in [-0.3, -0.25) is 14.8 Å². The van der Waals surface area contributed by atoms with Crippen LogP contribution in [0.15, 0.2) is 71.8 Å². The fourth-order valence-electron chi connectivity index (χ4n) is 5.42. The molecule has 6 heterocycles. The summed E-state index contributed by atoms with van der Waals surface area (Å²) in [6, 6.07) is 12.5. The Morgan fingerprint density at radius 2 is 1.33 bits per heavy atom. The summed E-state index contributed by atoms with van der Waals surface area (Å²) >= 11 is 0. The molecule has 0 aliphatic carbocycles. The summed E-state index contributed by atoms with van der Waals surface area (Å²) in [5.41, 5.74) is 5.66. The van der Waals surface area contributed by atoms with Gasteiger partial charge in [-0.1, -0.05) is 12.1 Å². The van der Waals surface area contributed by atoms with E-state index in [0.717, 1.165) is 34.9 Å². The van der Waals surface area contributed by atoms with Gasteiger partial charge in [-0.25, -0.2) is 28.4 Å². The van der Waals surface area contributed by atoms with Crippen molar-refractivity contribution in [3.8, 4) is 0 Å². The molecular weight excluding hydrogens is 676 g/mol. The lowest BCUT2D eigenvalue weighted by molar-refractivity contribution is -0.137. The number of hydrogen-bond donors (Lipinski definition) is 1. The second-order valence-corrected chi connectivity index (χ2v) is 12.0. The van der Waals surface area contributed by atoms with E-state index >= 15 is 0 Å². The second-order valence-electron chi connectivity index (χ2n) is 12.0. The van der Waals surface area contributed by atoms with Crippen molar-refractivity contribution in [2.75, 3.05) is 0 Å². The van der Waals surface area contributed by atoms with E-state index in [1.54, 1.807) is 63.9 Å². The molecule has 0 amide bonds. The molecule has 0 fully saturated rings. The SMILES string of the molecule is Cc1ncc(C)n2nc(C=Cc3cc(=O)c4cc(F)ccc4[nH]3)nc12.Cc1ncc(C)n2nc(C=Cc3ccc4ccc(C(F)(F)F)cc4n3)nc12. The molecule has 2 aromatic carbocycles. The van der Waals surface area contributed by atoms with E-state index in [4.69, 9.17) is 0 Å². The number of benzene rings is 2. The Kier molecular flexibility index (Phi) is 8.62. The first-order valence-electron chi connectivity index (χ1n) is 15.9. The van der Waals surface area contributed by atoms with E-state index in [-0.39, 0.29) is 10.9 Å². The molecule has 0 aliphatic rings. The summed E-state index contributed by atoms with van der Waals surface area (Å²) in [5, 5.41) is 9.78. The largest absolute Gasteiger partial charge is 0.416 e. The van der Waals surface area contributed by atoms with Crippen LogP contribution in [-0.2, 0) is 6.18 Å². The van der Waals surface area contributed by atoms with Crippen molar-refractivity contribution in [1.29, 1.82) is 0 Å². The lowest BCUT2D eigenvalue weighted by Crippen LogP contribution is -2.04. The van der Waals surface area contributed by atoms with Crippen molar-refractivity contribution in [3.05, 3.63) is 134 Å². The summed E-state index contributed by atoms with van der Waals surface area (Å²) < 4.78 is 55.4. The molecule has 15 heteroatoms. The highest BCUT2D eigenvalue weighted by atomic mass is 19.4. The minimum Gasteiger partial charge on any atom is -0.355 e. The molecule has 8 rings (SSSR count). The van der Waals surface area contributed by atoms with E-state index in [9.17, 15) is 22.4 Å². The van der Waals surface area contributed by atoms with Gasteiger partial charge in [0.1, 0.15) is 5.82 Å². The molecule has 0 unspecified atom stereocenters. The standard InChI is InChI=1S/C19H14F3N5.C18H14FN5O/c1-11-10-23-12(2)18-25-17(26-27(11)18)8-7-15-6-4-13-3-5-14(19(20,21)22)9-16(13)24-15;1-10-9-20-11(2)18-22-17(23-24(10)18)6-4-13-8-16(25)14-7-12(19)3-5-15(14)21-13/h3-10H,1-2H3;3-9H,1-2H3,(H,21,25).